The van der Waals surface area contributed by atoms with Gasteiger partial charge in [0, 0.05) is 55.0 Å². The molecule has 190 valence electrons. The van der Waals surface area contributed by atoms with Gasteiger partial charge in [-0.25, -0.2) is 15.0 Å². The summed E-state index contributed by atoms with van der Waals surface area (Å²) >= 11 is 0. The maximum Gasteiger partial charge on any atom is 0.246 e. The van der Waals surface area contributed by atoms with Crippen molar-refractivity contribution in [1.29, 1.82) is 0 Å². The third-order valence-corrected chi connectivity index (χ3v) is 7.30. The molecule has 2 aromatic heterocycles. The molecule has 0 bridgehead atoms. The second-order valence-electron chi connectivity index (χ2n) is 9.65. The first-order chi connectivity index (χ1) is 18.0. The highest BCUT2D eigenvalue weighted by atomic mass is 16.5. The average molecular weight is 499 g/mol. The van der Waals surface area contributed by atoms with Gasteiger partial charge in [-0.05, 0) is 43.7 Å². The zero-order chi connectivity index (χ0) is 25.5. The Labute approximate surface area is 216 Å². The fraction of sp³-hybridized carbons (Fsp3) is 0.357. The van der Waals surface area contributed by atoms with Gasteiger partial charge in [-0.1, -0.05) is 12.6 Å². The number of aromatic nitrogens is 3. The number of fused-ring (bicyclic) bond motifs is 2. The van der Waals surface area contributed by atoms with Gasteiger partial charge in [0.05, 0.1) is 30.4 Å². The maximum atomic E-state index is 11.8. The average Bonchev–Trinajstić information content (AvgIpc) is 3.06. The Balaban J connectivity index is 1.28. The molecule has 3 aliphatic rings. The van der Waals surface area contributed by atoms with Crippen molar-refractivity contribution in [1.82, 2.24) is 19.9 Å². The lowest BCUT2D eigenvalue weighted by Crippen LogP contribution is -2.48. The molecule has 9 nitrogen and oxygen atoms in total. The number of pyridine rings is 1. The smallest absolute Gasteiger partial charge is 0.246 e. The van der Waals surface area contributed by atoms with Crippen molar-refractivity contribution in [3.05, 3.63) is 65.9 Å². The Hall–Kier alpha value is -3.98. The second-order valence-corrected chi connectivity index (χ2v) is 9.65. The molecule has 0 radical (unpaired) electrons. The summed E-state index contributed by atoms with van der Waals surface area (Å²) < 4.78 is 11.8. The van der Waals surface area contributed by atoms with Gasteiger partial charge in [0.1, 0.15) is 24.0 Å². The van der Waals surface area contributed by atoms with E-state index in [1.54, 1.807) is 4.90 Å². The molecule has 0 unspecified atom stereocenters. The standard InChI is InChI=1S/C28H30N6O3/c1-4-25(35)34-14-20(15-34)27-30-17(2)26(18(3)31-27)19-5-6-24-22(13-19)32-28-21(16-37-24)23(7-8-29-28)33-9-11-36-12-10-33/h4-8,13,20H,1,9-12,14-16H2,2-3H3,(H,29,32). The van der Waals surface area contributed by atoms with Gasteiger partial charge >= 0.3 is 0 Å². The Bertz CT molecular complexity index is 1360. The quantitative estimate of drug-likeness (QED) is 0.544. The lowest BCUT2D eigenvalue weighted by molar-refractivity contribution is -0.130. The molecule has 1 amide bonds. The summed E-state index contributed by atoms with van der Waals surface area (Å²) in [4.78, 5) is 30.2. The normalized spacial score (nSPS) is 17.0. The van der Waals surface area contributed by atoms with Crippen LogP contribution in [0.1, 0.15) is 28.7 Å². The number of morpholine rings is 1. The van der Waals surface area contributed by atoms with Crippen molar-refractivity contribution in [3.63, 3.8) is 0 Å². The minimum absolute atomic E-state index is 0.0471. The van der Waals surface area contributed by atoms with Gasteiger partial charge in [-0.3, -0.25) is 4.79 Å². The predicted molar refractivity (Wildman–Crippen MR) is 141 cm³/mol. The molecule has 9 heteroatoms. The number of nitrogens with one attached hydrogen (secondary N) is 1. The summed E-state index contributed by atoms with van der Waals surface area (Å²) in [7, 11) is 0. The van der Waals surface area contributed by atoms with E-state index in [1.807, 2.05) is 26.1 Å². The van der Waals surface area contributed by atoms with Gasteiger partial charge in [-0.2, -0.15) is 0 Å². The number of hydrogen-bond donors (Lipinski definition) is 1. The number of nitrogens with zero attached hydrogens (tertiary/aromatic N) is 5. The van der Waals surface area contributed by atoms with Gasteiger partial charge < -0.3 is 24.6 Å². The van der Waals surface area contributed by atoms with Crippen molar-refractivity contribution < 1.29 is 14.3 Å². The number of aryl methyl sites for hydroxylation is 2. The number of amides is 1. The molecule has 1 N–H and O–H groups in total. The minimum atomic E-state index is -0.0471. The first-order valence-electron chi connectivity index (χ1n) is 12.6. The van der Waals surface area contributed by atoms with Crippen LogP contribution in [0.15, 0.2) is 43.1 Å². The van der Waals surface area contributed by atoms with Crippen molar-refractivity contribution in [2.24, 2.45) is 0 Å². The molecule has 0 aliphatic carbocycles. The fourth-order valence-electron chi connectivity index (χ4n) is 5.31. The largest absolute Gasteiger partial charge is 0.487 e. The number of carbonyl (C=O) groups is 1. The van der Waals surface area contributed by atoms with Crippen molar-refractivity contribution in [2.75, 3.05) is 49.6 Å². The van der Waals surface area contributed by atoms with Gasteiger partial charge in [-0.15, -0.1) is 0 Å². The monoisotopic (exact) mass is 498 g/mol. The van der Waals surface area contributed by atoms with Crippen molar-refractivity contribution in [3.8, 4) is 16.9 Å². The summed E-state index contributed by atoms with van der Waals surface area (Å²) in [5.74, 6) is 2.49. The minimum Gasteiger partial charge on any atom is -0.487 e. The van der Waals surface area contributed by atoms with Crippen molar-refractivity contribution in [2.45, 2.75) is 26.4 Å². The van der Waals surface area contributed by atoms with Crippen molar-refractivity contribution >= 4 is 23.1 Å². The van der Waals surface area contributed by atoms with Crippen LogP contribution in [-0.4, -0.2) is 65.2 Å². The molecule has 0 saturated carbocycles. The summed E-state index contributed by atoms with van der Waals surface area (Å²) in [6, 6.07) is 8.19. The number of likely N-dealkylation sites (tertiary alicyclic amines) is 1. The van der Waals surface area contributed by atoms with E-state index in [1.165, 1.54) is 6.08 Å². The molecule has 0 atom stereocenters. The van der Waals surface area contributed by atoms with Crippen LogP contribution in [0.25, 0.3) is 11.1 Å². The van der Waals surface area contributed by atoms with E-state index in [0.717, 1.165) is 83.1 Å². The highest BCUT2D eigenvalue weighted by Crippen LogP contribution is 2.40. The molecule has 3 aliphatic heterocycles. The molecule has 5 heterocycles. The number of benzene rings is 1. The zero-order valence-electron chi connectivity index (χ0n) is 21.2. The molecule has 0 spiro atoms. The highest BCUT2D eigenvalue weighted by Gasteiger charge is 2.33. The number of carbonyl (C=O) groups excluding carboxylic acids is 1. The second kappa shape index (κ2) is 9.48. The molecule has 2 saturated heterocycles. The lowest BCUT2D eigenvalue weighted by Gasteiger charge is -2.37. The first-order valence-corrected chi connectivity index (χ1v) is 12.6. The summed E-state index contributed by atoms with van der Waals surface area (Å²) in [6.07, 6.45) is 3.20. The summed E-state index contributed by atoms with van der Waals surface area (Å²) in [6.45, 7) is 12.4. The summed E-state index contributed by atoms with van der Waals surface area (Å²) in [5, 5.41) is 3.52. The number of anilines is 3. The van der Waals surface area contributed by atoms with Gasteiger partial charge in [0.15, 0.2) is 0 Å². The number of ether oxygens (including phenoxy) is 2. The molecule has 1 aromatic carbocycles. The van der Waals surface area contributed by atoms with Crippen LogP contribution in [0.5, 0.6) is 5.75 Å². The van der Waals surface area contributed by atoms with E-state index in [4.69, 9.17) is 19.4 Å². The molecular formula is C28H30N6O3. The fourth-order valence-corrected chi connectivity index (χ4v) is 5.31. The Morgan fingerprint density at radius 3 is 2.62 bits per heavy atom. The Morgan fingerprint density at radius 1 is 1.14 bits per heavy atom. The van der Waals surface area contributed by atoms with Crippen LogP contribution < -0.4 is 15.0 Å². The van der Waals surface area contributed by atoms with E-state index in [-0.39, 0.29) is 11.8 Å². The first kappa shape index (κ1) is 23.4. The van der Waals surface area contributed by atoms with E-state index < -0.39 is 0 Å². The van der Waals surface area contributed by atoms with Crippen LogP contribution >= 0.6 is 0 Å². The maximum absolute atomic E-state index is 11.8. The van der Waals surface area contributed by atoms with Crippen LogP contribution in [0.3, 0.4) is 0 Å². The topological polar surface area (TPSA) is 92.7 Å². The van der Waals surface area contributed by atoms with Crippen LogP contribution in [0.2, 0.25) is 0 Å². The van der Waals surface area contributed by atoms with E-state index in [9.17, 15) is 4.79 Å². The lowest BCUT2D eigenvalue weighted by atomic mass is 9.97. The van der Waals surface area contributed by atoms with Crippen LogP contribution in [0, 0.1) is 13.8 Å². The molecule has 2 fully saturated rings. The van der Waals surface area contributed by atoms with Crippen LogP contribution in [-0.2, 0) is 16.1 Å². The third-order valence-electron chi connectivity index (χ3n) is 7.30. The SMILES string of the molecule is C=CC(=O)N1CC(c2nc(C)c(-c3ccc4c(c3)Nc3nccc(N5CCOCC5)c3CO4)c(C)n2)C1. The highest BCUT2D eigenvalue weighted by molar-refractivity contribution is 5.87. The molecular weight excluding hydrogens is 468 g/mol. The Morgan fingerprint density at radius 2 is 1.89 bits per heavy atom. The van der Waals surface area contributed by atoms with Crippen LogP contribution in [0.4, 0.5) is 17.2 Å². The Kier molecular flexibility index (Phi) is 6.00. The number of hydrogen-bond acceptors (Lipinski definition) is 8. The van der Waals surface area contributed by atoms with Gasteiger partial charge in [0.2, 0.25) is 5.91 Å². The molecule has 37 heavy (non-hydrogen) atoms. The predicted octanol–water partition coefficient (Wildman–Crippen LogP) is 3.74. The molecule has 6 rings (SSSR count). The van der Waals surface area contributed by atoms with E-state index in [2.05, 4.69) is 40.0 Å². The number of rotatable bonds is 4. The zero-order valence-corrected chi connectivity index (χ0v) is 21.2. The van der Waals surface area contributed by atoms with E-state index in [0.29, 0.717) is 19.7 Å². The van der Waals surface area contributed by atoms with Gasteiger partial charge in [0.25, 0.3) is 0 Å². The third kappa shape index (κ3) is 4.29. The summed E-state index contributed by atoms with van der Waals surface area (Å²) in [5.41, 5.74) is 6.90. The molecule has 3 aromatic rings. The van der Waals surface area contributed by atoms with E-state index >= 15 is 0 Å².